The molecule has 0 spiro atoms. The highest BCUT2D eigenvalue weighted by atomic mass is 16.2. The number of carbonyl (C=O) groups is 2. The zero-order valence-electron chi connectivity index (χ0n) is 8.70. The van der Waals surface area contributed by atoms with Crippen molar-refractivity contribution < 1.29 is 9.59 Å². The van der Waals surface area contributed by atoms with Gasteiger partial charge in [-0.1, -0.05) is 0 Å². The van der Waals surface area contributed by atoms with Crippen LogP contribution < -0.4 is 16.4 Å². The zero-order valence-corrected chi connectivity index (χ0v) is 8.70. The number of hydrogen-bond donors (Lipinski definition) is 3. The Kier molecular flexibility index (Phi) is 3.08. The van der Waals surface area contributed by atoms with Crippen molar-refractivity contribution in [3.8, 4) is 0 Å². The molecule has 6 nitrogen and oxygen atoms in total. The van der Waals surface area contributed by atoms with Gasteiger partial charge < -0.3 is 16.4 Å². The maximum absolute atomic E-state index is 11.6. The molecule has 1 heterocycles. The van der Waals surface area contributed by atoms with Gasteiger partial charge in [0.05, 0.1) is 6.54 Å². The van der Waals surface area contributed by atoms with Gasteiger partial charge in [-0.2, -0.15) is 0 Å². The summed E-state index contributed by atoms with van der Waals surface area (Å²) in [6.45, 7) is 3.43. The van der Waals surface area contributed by atoms with Crippen molar-refractivity contribution in [3.63, 3.8) is 0 Å². The van der Waals surface area contributed by atoms with Crippen molar-refractivity contribution in [1.82, 2.24) is 10.6 Å². The molecule has 2 amide bonds. The number of amides is 2. The van der Waals surface area contributed by atoms with E-state index in [1.807, 2.05) is 0 Å². The third kappa shape index (κ3) is 2.80. The fourth-order valence-electron chi connectivity index (χ4n) is 0.938. The van der Waals surface area contributed by atoms with Crippen molar-refractivity contribution in [2.75, 3.05) is 6.54 Å². The van der Waals surface area contributed by atoms with Gasteiger partial charge in [0.25, 0.3) is 5.91 Å². The van der Waals surface area contributed by atoms with E-state index in [4.69, 9.17) is 5.73 Å². The minimum atomic E-state index is -1.07. The van der Waals surface area contributed by atoms with Gasteiger partial charge in [0.2, 0.25) is 5.91 Å². The third-order valence-corrected chi connectivity index (χ3v) is 2.00. The lowest BCUT2D eigenvalue weighted by Crippen LogP contribution is -2.55. The van der Waals surface area contributed by atoms with E-state index in [2.05, 4.69) is 15.6 Å². The first-order chi connectivity index (χ1) is 6.93. The summed E-state index contributed by atoms with van der Waals surface area (Å²) in [6, 6.07) is 0. The van der Waals surface area contributed by atoms with Crippen molar-refractivity contribution in [2.24, 2.45) is 10.7 Å². The van der Waals surface area contributed by atoms with Crippen LogP contribution in [0.2, 0.25) is 0 Å². The van der Waals surface area contributed by atoms with Crippen molar-refractivity contribution in [3.05, 3.63) is 12.4 Å². The average molecular weight is 210 g/mol. The van der Waals surface area contributed by atoms with Crippen LogP contribution in [0.15, 0.2) is 17.4 Å². The van der Waals surface area contributed by atoms with E-state index in [0.717, 1.165) is 0 Å². The minimum Gasteiger partial charge on any atom is -0.384 e. The summed E-state index contributed by atoms with van der Waals surface area (Å²) >= 11 is 0. The van der Waals surface area contributed by atoms with E-state index in [1.54, 1.807) is 20.0 Å². The van der Waals surface area contributed by atoms with Crippen LogP contribution >= 0.6 is 0 Å². The molecule has 1 rings (SSSR count). The van der Waals surface area contributed by atoms with Gasteiger partial charge >= 0.3 is 0 Å². The van der Waals surface area contributed by atoms with Gasteiger partial charge in [0.1, 0.15) is 11.3 Å². The molecular weight excluding hydrogens is 196 g/mol. The fourth-order valence-corrected chi connectivity index (χ4v) is 0.938. The van der Waals surface area contributed by atoms with Crippen LogP contribution in [0.5, 0.6) is 0 Å². The highest BCUT2D eigenvalue weighted by Gasteiger charge is 2.28. The predicted octanol–water partition coefficient (Wildman–Crippen LogP) is -1.12. The number of rotatable bonds is 3. The zero-order chi connectivity index (χ0) is 11.5. The lowest BCUT2D eigenvalue weighted by atomic mass is 10.0. The quantitative estimate of drug-likeness (QED) is 0.550. The Bertz CT molecular complexity index is 344. The SMILES string of the molecule is CC(C)(NC(=O)C1=NC=CNC1)C(N)=O. The highest BCUT2D eigenvalue weighted by molar-refractivity contribution is 6.40. The number of primary amides is 1. The van der Waals surface area contributed by atoms with Crippen molar-refractivity contribution in [2.45, 2.75) is 19.4 Å². The smallest absolute Gasteiger partial charge is 0.268 e. The van der Waals surface area contributed by atoms with Crippen LogP contribution in [0.3, 0.4) is 0 Å². The largest absolute Gasteiger partial charge is 0.384 e. The lowest BCUT2D eigenvalue weighted by molar-refractivity contribution is -0.127. The Morgan fingerprint density at radius 3 is 2.73 bits per heavy atom. The number of nitrogens with one attached hydrogen (secondary N) is 2. The molecule has 0 fully saturated rings. The van der Waals surface area contributed by atoms with Crippen LogP contribution in [0.1, 0.15) is 13.8 Å². The van der Waals surface area contributed by atoms with Crippen LogP contribution in [0.4, 0.5) is 0 Å². The monoisotopic (exact) mass is 210 g/mol. The Morgan fingerprint density at radius 1 is 1.60 bits per heavy atom. The molecule has 6 heteroatoms. The molecule has 1 aliphatic heterocycles. The predicted molar refractivity (Wildman–Crippen MR) is 56.0 cm³/mol. The number of aliphatic imine (C=N–C) groups is 1. The van der Waals surface area contributed by atoms with Gasteiger partial charge in [-0.05, 0) is 13.8 Å². The second-order valence-electron chi connectivity index (χ2n) is 3.72. The number of nitrogens with zero attached hydrogens (tertiary/aromatic N) is 1. The Morgan fingerprint density at radius 2 is 2.27 bits per heavy atom. The summed E-state index contributed by atoms with van der Waals surface area (Å²) in [5, 5.41) is 5.35. The molecule has 0 unspecified atom stereocenters. The lowest BCUT2D eigenvalue weighted by Gasteiger charge is -2.22. The van der Waals surface area contributed by atoms with Crippen LogP contribution in [-0.4, -0.2) is 29.6 Å². The van der Waals surface area contributed by atoms with E-state index >= 15 is 0 Å². The van der Waals surface area contributed by atoms with Crippen LogP contribution in [0.25, 0.3) is 0 Å². The first-order valence-corrected chi connectivity index (χ1v) is 4.51. The molecule has 0 aliphatic carbocycles. The second-order valence-corrected chi connectivity index (χ2v) is 3.72. The molecular formula is C9H14N4O2. The standard InChI is InChI=1S/C9H14N4O2/c1-9(2,8(10)15)13-7(14)6-5-11-3-4-12-6/h3-4,11H,5H2,1-2H3,(H2,10,15)(H,13,14). The Labute approximate surface area is 87.6 Å². The fraction of sp³-hybridized carbons (Fsp3) is 0.444. The topological polar surface area (TPSA) is 96.6 Å². The molecule has 15 heavy (non-hydrogen) atoms. The molecule has 0 bridgehead atoms. The van der Waals surface area contributed by atoms with Gasteiger partial charge in [-0.3, -0.25) is 14.6 Å². The minimum absolute atomic E-state index is 0.326. The molecule has 0 aromatic carbocycles. The van der Waals surface area contributed by atoms with Crippen LogP contribution in [-0.2, 0) is 9.59 Å². The second kappa shape index (κ2) is 4.12. The molecule has 0 atom stereocenters. The molecule has 0 radical (unpaired) electrons. The summed E-state index contributed by atoms with van der Waals surface area (Å²) in [4.78, 5) is 26.5. The summed E-state index contributed by atoms with van der Waals surface area (Å²) < 4.78 is 0. The molecule has 1 aliphatic rings. The van der Waals surface area contributed by atoms with Gasteiger partial charge in [0, 0.05) is 12.4 Å². The number of hydrogen-bond acceptors (Lipinski definition) is 4. The normalized spacial score (nSPS) is 15.2. The third-order valence-electron chi connectivity index (χ3n) is 2.00. The molecule has 0 saturated carbocycles. The maximum Gasteiger partial charge on any atom is 0.268 e. The van der Waals surface area contributed by atoms with E-state index in [9.17, 15) is 9.59 Å². The molecule has 0 saturated heterocycles. The molecule has 0 aromatic rings. The highest BCUT2D eigenvalue weighted by Crippen LogP contribution is 2.00. The van der Waals surface area contributed by atoms with E-state index in [0.29, 0.717) is 12.3 Å². The number of nitrogens with two attached hydrogens (primary N) is 1. The van der Waals surface area contributed by atoms with Crippen molar-refractivity contribution >= 4 is 17.5 Å². The van der Waals surface area contributed by atoms with Gasteiger partial charge in [-0.25, -0.2) is 0 Å². The Hall–Kier alpha value is -1.85. The van der Waals surface area contributed by atoms with Gasteiger partial charge in [0.15, 0.2) is 0 Å². The first kappa shape index (κ1) is 11.2. The maximum atomic E-state index is 11.6. The molecule has 82 valence electrons. The van der Waals surface area contributed by atoms with Crippen molar-refractivity contribution in [1.29, 1.82) is 0 Å². The Balaban J connectivity index is 2.67. The van der Waals surface area contributed by atoms with E-state index in [-0.39, 0.29) is 0 Å². The molecule has 0 aromatic heterocycles. The van der Waals surface area contributed by atoms with Gasteiger partial charge in [-0.15, -0.1) is 0 Å². The number of carbonyl (C=O) groups excluding carboxylic acids is 2. The summed E-state index contributed by atoms with van der Waals surface area (Å²) in [5.74, 6) is -0.980. The molecule has 4 N–H and O–H groups in total. The van der Waals surface area contributed by atoms with Crippen LogP contribution in [0, 0.1) is 0 Å². The van der Waals surface area contributed by atoms with E-state index < -0.39 is 17.4 Å². The summed E-state index contributed by atoms with van der Waals surface area (Å²) in [6.07, 6.45) is 3.12. The summed E-state index contributed by atoms with van der Waals surface area (Å²) in [7, 11) is 0. The summed E-state index contributed by atoms with van der Waals surface area (Å²) in [5.41, 5.74) is 4.38. The average Bonchev–Trinajstić information content (AvgIpc) is 2.18. The first-order valence-electron chi connectivity index (χ1n) is 4.51. The van der Waals surface area contributed by atoms with E-state index in [1.165, 1.54) is 6.20 Å².